The molecule has 1 saturated heterocycles. The lowest BCUT2D eigenvalue weighted by molar-refractivity contribution is -0.124. The lowest BCUT2D eigenvalue weighted by Gasteiger charge is -2.23. The Morgan fingerprint density at radius 1 is 1.25 bits per heavy atom. The number of aromatic nitrogens is 1. The van der Waals surface area contributed by atoms with E-state index >= 15 is 0 Å². The SMILES string of the molecule is CCCOc1ncccc1CNC(=O)C1CCCN1S(=O)(=O)c1ccccc1. The molecule has 1 atom stereocenters. The molecule has 2 heterocycles. The van der Waals surface area contributed by atoms with E-state index in [1.165, 1.54) is 4.31 Å². The van der Waals surface area contributed by atoms with Crippen molar-refractivity contribution in [1.29, 1.82) is 0 Å². The van der Waals surface area contributed by atoms with Gasteiger partial charge in [-0.05, 0) is 37.5 Å². The molecule has 7 nitrogen and oxygen atoms in total. The van der Waals surface area contributed by atoms with E-state index in [0.29, 0.717) is 31.9 Å². The summed E-state index contributed by atoms with van der Waals surface area (Å²) in [5, 5.41) is 2.85. The number of amides is 1. The average molecular weight is 404 g/mol. The normalized spacial score (nSPS) is 17.4. The molecule has 0 radical (unpaired) electrons. The van der Waals surface area contributed by atoms with Gasteiger partial charge in [0.2, 0.25) is 21.8 Å². The maximum atomic E-state index is 12.9. The number of carbonyl (C=O) groups is 1. The van der Waals surface area contributed by atoms with Crippen molar-refractivity contribution in [2.75, 3.05) is 13.2 Å². The summed E-state index contributed by atoms with van der Waals surface area (Å²) in [4.78, 5) is 17.2. The zero-order valence-electron chi connectivity index (χ0n) is 15.9. The third-order valence-electron chi connectivity index (χ3n) is 4.60. The standard InChI is InChI=1S/C20H25N3O4S/c1-2-14-27-20-16(8-6-12-21-20)15-22-19(24)18-11-7-13-23(18)28(25,26)17-9-4-3-5-10-17/h3-6,8-10,12,18H,2,7,11,13-15H2,1H3,(H,22,24). The van der Waals surface area contributed by atoms with Gasteiger partial charge < -0.3 is 10.1 Å². The number of benzene rings is 1. The van der Waals surface area contributed by atoms with Crippen LogP contribution in [0.15, 0.2) is 53.6 Å². The highest BCUT2D eigenvalue weighted by molar-refractivity contribution is 7.89. The Morgan fingerprint density at radius 2 is 2.04 bits per heavy atom. The van der Waals surface area contributed by atoms with Crippen LogP contribution in [0.1, 0.15) is 31.7 Å². The number of ether oxygens (including phenoxy) is 1. The minimum absolute atomic E-state index is 0.206. The van der Waals surface area contributed by atoms with Gasteiger partial charge in [-0.25, -0.2) is 13.4 Å². The van der Waals surface area contributed by atoms with Gasteiger partial charge in [0, 0.05) is 24.8 Å². The molecule has 1 N–H and O–H groups in total. The molecule has 1 amide bonds. The summed E-state index contributed by atoms with van der Waals surface area (Å²) in [6, 6.07) is 11.1. The number of hydrogen-bond acceptors (Lipinski definition) is 5. The highest BCUT2D eigenvalue weighted by Crippen LogP contribution is 2.26. The van der Waals surface area contributed by atoms with E-state index in [1.54, 1.807) is 42.6 Å². The highest BCUT2D eigenvalue weighted by Gasteiger charge is 2.39. The van der Waals surface area contributed by atoms with Gasteiger partial charge in [-0.1, -0.05) is 31.2 Å². The molecule has 1 aliphatic rings. The van der Waals surface area contributed by atoms with Crippen LogP contribution in [0.25, 0.3) is 0 Å². The van der Waals surface area contributed by atoms with E-state index < -0.39 is 16.1 Å². The molecule has 0 bridgehead atoms. The average Bonchev–Trinajstić information content (AvgIpc) is 3.22. The first-order valence-corrected chi connectivity index (χ1v) is 10.9. The first-order chi connectivity index (χ1) is 13.5. The molecule has 8 heteroatoms. The summed E-state index contributed by atoms with van der Waals surface area (Å²) >= 11 is 0. The van der Waals surface area contributed by atoms with Crippen LogP contribution in [0, 0.1) is 0 Å². The Hall–Kier alpha value is -2.45. The summed E-state index contributed by atoms with van der Waals surface area (Å²) in [5.41, 5.74) is 0.764. The van der Waals surface area contributed by atoms with Crippen LogP contribution in [0.4, 0.5) is 0 Å². The summed E-state index contributed by atoms with van der Waals surface area (Å²) in [5.74, 6) is 0.187. The third-order valence-corrected chi connectivity index (χ3v) is 6.52. The second-order valence-corrected chi connectivity index (χ2v) is 8.51. The van der Waals surface area contributed by atoms with Crippen LogP contribution < -0.4 is 10.1 Å². The number of carbonyl (C=O) groups excluding carboxylic acids is 1. The molecule has 2 aromatic rings. The van der Waals surface area contributed by atoms with Crippen LogP contribution in [-0.4, -0.2) is 42.8 Å². The fourth-order valence-electron chi connectivity index (χ4n) is 3.21. The summed E-state index contributed by atoms with van der Waals surface area (Å²) in [6.45, 7) is 3.13. The molecule has 1 aromatic heterocycles. The Bertz CT molecular complexity index is 903. The van der Waals surface area contributed by atoms with Gasteiger partial charge in [-0.3, -0.25) is 4.79 Å². The molecule has 0 saturated carbocycles. The molecule has 3 rings (SSSR count). The molecule has 1 unspecified atom stereocenters. The van der Waals surface area contributed by atoms with Crippen LogP contribution in [-0.2, 0) is 21.4 Å². The number of pyridine rings is 1. The second kappa shape index (κ2) is 9.16. The second-order valence-electron chi connectivity index (χ2n) is 6.62. The summed E-state index contributed by atoms with van der Waals surface area (Å²) in [7, 11) is -3.70. The molecular formula is C20H25N3O4S. The van der Waals surface area contributed by atoms with E-state index in [2.05, 4.69) is 10.3 Å². The van der Waals surface area contributed by atoms with E-state index in [0.717, 1.165) is 12.0 Å². The van der Waals surface area contributed by atoms with Crippen LogP contribution in [0.2, 0.25) is 0 Å². The highest BCUT2D eigenvalue weighted by atomic mass is 32.2. The molecule has 0 spiro atoms. The first-order valence-electron chi connectivity index (χ1n) is 9.45. The van der Waals surface area contributed by atoms with E-state index in [1.807, 2.05) is 13.0 Å². The van der Waals surface area contributed by atoms with E-state index in [-0.39, 0.29) is 17.3 Å². The van der Waals surface area contributed by atoms with E-state index in [9.17, 15) is 13.2 Å². The fraction of sp³-hybridized carbons (Fsp3) is 0.400. The molecule has 1 aliphatic heterocycles. The van der Waals surface area contributed by atoms with Crippen molar-refractivity contribution >= 4 is 15.9 Å². The molecule has 28 heavy (non-hydrogen) atoms. The topological polar surface area (TPSA) is 88.6 Å². The van der Waals surface area contributed by atoms with Gasteiger partial charge in [0.15, 0.2) is 0 Å². The van der Waals surface area contributed by atoms with Crippen molar-refractivity contribution in [3.8, 4) is 5.88 Å². The van der Waals surface area contributed by atoms with Gasteiger partial charge in [-0.15, -0.1) is 0 Å². The Balaban J connectivity index is 1.69. The van der Waals surface area contributed by atoms with Gasteiger partial charge in [0.05, 0.1) is 11.5 Å². The Kier molecular flexibility index (Phi) is 6.64. The van der Waals surface area contributed by atoms with Crippen molar-refractivity contribution in [2.24, 2.45) is 0 Å². The predicted molar refractivity (Wildman–Crippen MR) is 105 cm³/mol. The van der Waals surface area contributed by atoms with Crippen molar-refractivity contribution in [3.63, 3.8) is 0 Å². The van der Waals surface area contributed by atoms with Crippen molar-refractivity contribution in [2.45, 2.75) is 43.7 Å². The molecule has 0 aliphatic carbocycles. The van der Waals surface area contributed by atoms with Crippen LogP contribution >= 0.6 is 0 Å². The third kappa shape index (κ3) is 4.51. The summed E-state index contributed by atoms with van der Waals surface area (Å²) < 4.78 is 32.7. The van der Waals surface area contributed by atoms with Crippen LogP contribution in [0.3, 0.4) is 0 Å². The quantitative estimate of drug-likeness (QED) is 0.731. The minimum atomic E-state index is -3.70. The predicted octanol–water partition coefficient (Wildman–Crippen LogP) is 2.34. The monoisotopic (exact) mass is 403 g/mol. The number of rotatable bonds is 8. The van der Waals surface area contributed by atoms with Gasteiger partial charge >= 0.3 is 0 Å². The molecule has 150 valence electrons. The van der Waals surface area contributed by atoms with Gasteiger partial charge in [0.25, 0.3) is 0 Å². The lowest BCUT2D eigenvalue weighted by Crippen LogP contribution is -2.45. The van der Waals surface area contributed by atoms with Crippen LogP contribution in [0.5, 0.6) is 5.88 Å². The number of hydrogen-bond donors (Lipinski definition) is 1. The number of nitrogens with one attached hydrogen (secondary N) is 1. The van der Waals surface area contributed by atoms with Gasteiger partial charge in [0.1, 0.15) is 6.04 Å². The maximum Gasteiger partial charge on any atom is 0.243 e. The largest absolute Gasteiger partial charge is 0.477 e. The smallest absolute Gasteiger partial charge is 0.243 e. The minimum Gasteiger partial charge on any atom is -0.477 e. The molecular weight excluding hydrogens is 378 g/mol. The molecule has 1 fully saturated rings. The van der Waals surface area contributed by atoms with E-state index in [4.69, 9.17) is 4.74 Å². The summed E-state index contributed by atoms with van der Waals surface area (Å²) in [6.07, 6.45) is 3.66. The van der Waals surface area contributed by atoms with Crippen molar-refractivity contribution in [1.82, 2.24) is 14.6 Å². The van der Waals surface area contributed by atoms with Crippen molar-refractivity contribution in [3.05, 3.63) is 54.2 Å². The lowest BCUT2D eigenvalue weighted by atomic mass is 10.2. The van der Waals surface area contributed by atoms with Gasteiger partial charge in [-0.2, -0.15) is 4.31 Å². The zero-order valence-corrected chi connectivity index (χ0v) is 16.7. The fourth-order valence-corrected chi connectivity index (χ4v) is 4.88. The van der Waals surface area contributed by atoms with Crippen molar-refractivity contribution < 1.29 is 17.9 Å². The zero-order chi connectivity index (χ0) is 20.0. The first kappa shape index (κ1) is 20.3. The Morgan fingerprint density at radius 3 is 2.79 bits per heavy atom. The molecule has 1 aromatic carbocycles. The Labute approximate surface area is 165 Å². The number of sulfonamides is 1. The maximum absolute atomic E-state index is 12.9. The number of nitrogens with zero attached hydrogens (tertiary/aromatic N) is 2.